The van der Waals surface area contributed by atoms with E-state index in [-0.39, 0.29) is 4.90 Å². The van der Waals surface area contributed by atoms with E-state index in [1.165, 1.54) is 13.3 Å². The summed E-state index contributed by atoms with van der Waals surface area (Å²) >= 11 is 0. The maximum Gasteiger partial charge on any atom is 0.276 e. The summed E-state index contributed by atoms with van der Waals surface area (Å²) < 4.78 is 48.9. The Hall–Kier alpha value is -3.39. The minimum atomic E-state index is -3.92. The van der Waals surface area contributed by atoms with Gasteiger partial charge in [0.2, 0.25) is 0 Å². The van der Waals surface area contributed by atoms with Gasteiger partial charge in [-0.15, -0.1) is 0 Å². The van der Waals surface area contributed by atoms with E-state index in [4.69, 9.17) is 9.47 Å². The van der Waals surface area contributed by atoms with Gasteiger partial charge < -0.3 is 9.47 Å². The Balaban J connectivity index is 1.79. The first-order valence-corrected chi connectivity index (χ1v) is 10.5. The molecule has 0 atom stereocenters. The van der Waals surface area contributed by atoms with E-state index < -0.39 is 15.8 Å². The maximum atomic E-state index is 13.0. The number of ether oxygens (including phenoxy) is 2. The molecule has 156 valence electrons. The highest BCUT2D eigenvalue weighted by molar-refractivity contribution is 7.89. The van der Waals surface area contributed by atoms with Crippen LogP contribution in [0.15, 0.2) is 76.7 Å². The first-order valence-electron chi connectivity index (χ1n) is 9.05. The number of methoxy groups -OCH3 is 1. The van der Waals surface area contributed by atoms with Crippen molar-refractivity contribution in [2.75, 3.05) is 7.11 Å². The Morgan fingerprint density at radius 1 is 1.07 bits per heavy atom. The molecule has 3 aromatic rings. The number of hydrogen-bond donors (Lipinski definition) is 1. The predicted molar refractivity (Wildman–Crippen MR) is 113 cm³/mol. The summed E-state index contributed by atoms with van der Waals surface area (Å²) in [5, 5.41) is 3.83. The second-order valence-electron chi connectivity index (χ2n) is 6.46. The fraction of sp³-hybridized carbons (Fsp3) is 0.136. The van der Waals surface area contributed by atoms with Crippen LogP contribution in [0.5, 0.6) is 11.5 Å². The molecule has 0 aliphatic rings. The van der Waals surface area contributed by atoms with Crippen molar-refractivity contribution in [2.24, 2.45) is 5.10 Å². The molecular formula is C22H21FN2O4S. The van der Waals surface area contributed by atoms with E-state index >= 15 is 0 Å². The van der Waals surface area contributed by atoms with Gasteiger partial charge in [-0.05, 0) is 48.9 Å². The fourth-order valence-electron chi connectivity index (χ4n) is 2.74. The molecule has 0 aromatic heterocycles. The molecule has 30 heavy (non-hydrogen) atoms. The SMILES string of the molecule is COc1cccc(/C=N/NS(=O)(=O)c2ccc(F)cc2)c1OCc1cccc(C)c1. The Bertz CT molecular complexity index is 1150. The van der Waals surface area contributed by atoms with Crippen molar-refractivity contribution >= 4 is 16.2 Å². The quantitative estimate of drug-likeness (QED) is 0.434. The Morgan fingerprint density at radius 2 is 1.80 bits per heavy atom. The number of nitrogens with zero attached hydrogens (tertiary/aromatic N) is 1. The maximum absolute atomic E-state index is 13.0. The molecule has 0 radical (unpaired) electrons. The summed E-state index contributed by atoms with van der Waals surface area (Å²) in [7, 11) is -2.40. The molecule has 0 heterocycles. The van der Waals surface area contributed by atoms with Crippen LogP contribution < -0.4 is 14.3 Å². The van der Waals surface area contributed by atoms with Crippen molar-refractivity contribution in [1.29, 1.82) is 0 Å². The molecule has 0 aliphatic carbocycles. The van der Waals surface area contributed by atoms with E-state index in [9.17, 15) is 12.8 Å². The van der Waals surface area contributed by atoms with Gasteiger partial charge in [0.15, 0.2) is 11.5 Å². The summed E-state index contributed by atoms with van der Waals surface area (Å²) in [5.41, 5.74) is 2.64. The van der Waals surface area contributed by atoms with Crippen LogP contribution >= 0.6 is 0 Å². The molecule has 3 aromatic carbocycles. The van der Waals surface area contributed by atoms with Crippen molar-refractivity contribution in [1.82, 2.24) is 4.83 Å². The first kappa shape index (κ1) is 21.3. The zero-order valence-corrected chi connectivity index (χ0v) is 17.3. The van der Waals surface area contributed by atoms with Gasteiger partial charge in [-0.3, -0.25) is 0 Å². The van der Waals surface area contributed by atoms with Gasteiger partial charge in [0.1, 0.15) is 12.4 Å². The molecule has 0 bridgehead atoms. The van der Waals surface area contributed by atoms with E-state index in [2.05, 4.69) is 9.93 Å². The molecule has 0 spiro atoms. The third-order valence-corrected chi connectivity index (χ3v) is 5.43. The van der Waals surface area contributed by atoms with Crippen molar-refractivity contribution in [3.8, 4) is 11.5 Å². The van der Waals surface area contributed by atoms with Crippen LogP contribution in [0.4, 0.5) is 4.39 Å². The van der Waals surface area contributed by atoms with Crippen molar-refractivity contribution in [2.45, 2.75) is 18.4 Å². The lowest BCUT2D eigenvalue weighted by atomic mass is 10.1. The number of hydrogen-bond acceptors (Lipinski definition) is 5. The van der Waals surface area contributed by atoms with Crippen LogP contribution in [0.25, 0.3) is 0 Å². The lowest BCUT2D eigenvalue weighted by Gasteiger charge is -2.13. The highest BCUT2D eigenvalue weighted by Crippen LogP contribution is 2.31. The summed E-state index contributed by atoms with van der Waals surface area (Å²) in [4.78, 5) is 2.02. The second-order valence-corrected chi connectivity index (χ2v) is 8.12. The molecule has 1 N–H and O–H groups in total. The highest BCUT2D eigenvalue weighted by atomic mass is 32.2. The molecule has 0 saturated heterocycles. The topological polar surface area (TPSA) is 77.0 Å². The van der Waals surface area contributed by atoms with Gasteiger partial charge in [-0.2, -0.15) is 13.5 Å². The van der Waals surface area contributed by atoms with Crippen LogP contribution in [0.3, 0.4) is 0 Å². The van der Waals surface area contributed by atoms with Gasteiger partial charge >= 0.3 is 0 Å². The molecule has 0 saturated carbocycles. The predicted octanol–water partition coefficient (Wildman–Crippen LogP) is 4.03. The van der Waals surface area contributed by atoms with Crippen LogP contribution in [-0.2, 0) is 16.6 Å². The third-order valence-electron chi connectivity index (χ3n) is 4.20. The first-order chi connectivity index (χ1) is 14.4. The lowest BCUT2D eigenvalue weighted by Crippen LogP contribution is -2.18. The van der Waals surface area contributed by atoms with Crippen LogP contribution in [0, 0.1) is 12.7 Å². The Labute approximate surface area is 175 Å². The van der Waals surface area contributed by atoms with E-state index in [0.717, 1.165) is 35.4 Å². The molecule has 0 fully saturated rings. The number of nitrogens with one attached hydrogen (secondary N) is 1. The average molecular weight is 428 g/mol. The zero-order valence-electron chi connectivity index (χ0n) is 16.5. The second kappa shape index (κ2) is 9.41. The van der Waals surface area contributed by atoms with E-state index in [1.54, 1.807) is 18.2 Å². The minimum Gasteiger partial charge on any atom is -0.493 e. The average Bonchev–Trinajstić information content (AvgIpc) is 2.73. The number of para-hydroxylation sites is 1. The minimum absolute atomic E-state index is 0.0948. The Morgan fingerprint density at radius 3 is 2.50 bits per heavy atom. The van der Waals surface area contributed by atoms with Crippen LogP contribution in [0.2, 0.25) is 0 Å². The standard InChI is InChI=1S/C22H21FN2O4S/c1-16-5-3-6-17(13-16)15-29-22-18(7-4-8-21(22)28-2)14-24-25-30(26,27)20-11-9-19(23)10-12-20/h3-14,25H,15H2,1-2H3/b24-14+. The smallest absolute Gasteiger partial charge is 0.276 e. The van der Waals surface area contributed by atoms with Gasteiger partial charge in [0, 0.05) is 5.56 Å². The van der Waals surface area contributed by atoms with Gasteiger partial charge in [0.05, 0.1) is 18.2 Å². The highest BCUT2D eigenvalue weighted by Gasteiger charge is 2.13. The molecule has 3 rings (SSSR count). The molecule has 8 heteroatoms. The number of benzene rings is 3. The lowest BCUT2D eigenvalue weighted by molar-refractivity contribution is 0.284. The number of aryl methyl sites for hydroxylation is 1. The molecular weight excluding hydrogens is 407 g/mol. The van der Waals surface area contributed by atoms with Crippen LogP contribution in [0.1, 0.15) is 16.7 Å². The number of rotatable bonds is 8. The third kappa shape index (κ3) is 5.36. The Kier molecular flexibility index (Phi) is 6.68. The molecule has 6 nitrogen and oxygen atoms in total. The van der Waals surface area contributed by atoms with Gasteiger partial charge in [0.25, 0.3) is 10.0 Å². The van der Waals surface area contributed by atoms with Crippen molar-refractivity contribution in [3.05, 3.63) is 89.2 Å². The number of sulfonamides is 1. The largest absolute Gasteiger partial charge is 0.493 e. The zero-order chi connectivity index (χ0) is 21.6. The summed E-state index contributed by atoms with van der Waals surface area (Å²) in [5.74, 6) is 0.406. The van der Waals surface area contributed by atoms with Crippen molar-refractivity contribution < 1.29 is 22.3 Å². The van der Waals surface area contributed by atoms with E-state index in [0.29, 0.717) is 23.7 Å². The normalized spacial score (nSPS) is 11.4. The summed E-state index contributed by atoms with van der Waals surface area (Å²) in [6.45, 7) is 2.31. The van der Waals surface area contributed by atoms with E-state index in [1.807, 2.05) is 31.2 Å². The number of hydrazone groups is 1. The monoisotopic (exact) mass is 428 g/mol. The van der Waals surface area contributed by atoms with Crippen LogP contribution in [-0.4, -0.2) is 21.7 Å². The molecule has 0 amide bonds. The number of halogens is 1. The fourth-order valence-corrected chi connectivity index (χ4v) is 3.53. The van der Waals surface area contributed by atoms with Gasteiger partial charge in [-0.25, -0.2) is 9.22 Å². The summed E-state index contributed by atoms with van der Waals surface area (Å²) in [6, 6.07) is 17.6. The molecule has 0 aliphatic heterocycles. The van der Waals surface area contributed by atoms with Crippen molar-refractivity contribution in [3.63, 3.8) is 0 Å². The summed E-state index contributed by atoms with van der Waals surface area (Å²) in [6.07, 6.45) is 1.33. The van der Waals surface area contributed by atoms with Gasteiger partial charge in [-0.1, -0.05) is 35.9 Å². The molecule has 0 unspecified atom stereocenters.